The highest BCUT2D eigenvalue weighted by atomic mass is 16.5. The number of nitrogens with zero attached hydrogens (tertiary/aromatic N) is 4. The number of benzene rings is 1. The lowest BCUT2D eigenvalue weighted by atomic mass is 9.96. The molecule has 0 aliphatic carbocycles. The van der Waals surface area contributed by atoms with Crippen molar-refractivity contribution in [1.82, 2.24) is 20.0 Å². The van der Waals surface area contributed by atoms with Crippen molar-refractivity contribution in [2.45, 2.75) is 32.3 Å². The smallest absolute Gasteiger partial charge is 0.324 e. The normalized spacial score (nSPS) is 22.9. The second kappa shape index (κ2) is 10.5. The molecule has 0 bridgehead atoms. The molecule has 1 aromatic rings. The highest BCUT2D eigenvalue weighted by Crippen LogP contribution is 2.35. The average Bonchev–Trinajstić information content (AvgIpc) is 2.84. The van der Waals surface area contributed by atoms with E-state index in [-0.39, 0.29) is 24.0 Å². The van der Waals surface area contributed by atoms with Crippen LogP contribution in [-0.4, -0.2) is 98.7 Å². The first kappa shape index (κ1) is 22.9. The Labute approximate surface area is 191 Å². The van der Waals surface area contributed by atoms with Crippen molar-refractivity contribution in [1.29, 1.82) is 0 Å². The minimum absolute atomic E-state index is 0.00750. The lowest BCUT2D eigenvalue weighted by Crippen LogP contribution is -2.52. The molecule has 0 saturated carbocycles. The van der Waals surface area contributed by atoms with E-state index in [9.17, 15) is 9.59 Å². The molecule has 32 heavy (non-hydrogen) atoms. The summed E-state index contributed by atoms with van der Waals surface area (Å²) in [6, 6.07) is 7.77. The van der Waals surface area contributed by atoms with E-state index in [1.165, 1.54) is 0 Å². The summed E-state index contributed by atoms with van der Waals surface area (Å²) >= 11 is 0. The molecule has 0 aromatic heterocycles. The van der Waals surface area contributed by atoms with Crippen LogP contribution in [0.3, 0.4) is 0 Å². The van der Waals surface area contributed by atoms with E-state index in [1.54, 1.807) is 0 Å². The Morgan fingerprint density at radius 3 is 2.50 bits per heavy atom. The maximum atomic E-state index is 13.3. The number of ether oxygens (including phenoxy) is 1. The third kappa shape index (κ3) is 5.35. The monoisotopic (exact) mass is 443 g/mol. The number of piperazine rings is 1. The Bertz CT molecular complexity index is 788. The summed E-state index contributed by atoms with van der Waals surface area (Å²) in [7, 11) is 2.15. The minimum atomic E-state index is -0.00750. The van der Waals surface area contributed by atoms with Crippen LogP contribution < -0.4 is 15.0 Å². The van der Waals surface area contributed by atoms with Crippen molar-refractivity contribution in [2.24, 2.45) is 5.92 Å². The first-order valence-corrected chi connectivity index (χ1v) is 12.1. The van der Waals surface area contributed by atoms with E-state index in [2.05, 4.69) is 29.1 Å². The zero-order valence-corrected chi connectivity index (χ0v) is 19.5. The zero-order chi connectivity index (χ0) is 22.5. The van der Waals surface area contributed by atoms with Crippen molar-refractivity contribution < 1.29 is 14.3 Å². The Morgan fingerprint density at radius 1 is 1.06 bits per heavy atom. The van der Waals surface area contributed by atoms with E-state index in [0.29, 0.717) is 26.2 Å². The maximum absolute atomic E-state index is 13.3. The molecule has 2 fully saturated rings. The molecule has 1 N–H and O–H groups in total. The topological polar surface area (TPSA) is 68.4 Å². The number of urea groups is 1. The number of anilines is 1. The van der Waals surface area contributed by atoms with Gasteiger partial charge in [0.25, 0.3) is 0 Å². The van der Waals surface area contributed by atoms with Gasteiger partial charge in [0.05, 0.1) is 12.2 Å². The lowest BCUT2D eigenvalue weighted by molar-refractivity contribution is -0.126. The van der Waals surface area contributed by atoms with Gasteiger partial charge in [-0.2, -0.15) is 0 Å². The molecule has 8 heteroatoms. The fourth-order valence-corrected chi connectivity index (χ4v) is 4.75. The van der Waals surface area contributed by atoms with Crippen LogP contribution in [0.25, 0.3) is 0 Å². The Kier molecular flexibility index (Phi) is 7.52. The van der Waals surface area contributed by atoms with Crippen LogP contribution in [0.4, 0.5) is 10.5 Å². The van der Waals surface area contributed by atoms with Crippen LogP contribution in [0, 0.1) is 5.92 Å². The van der Waals surface area contributed by atoms with Gasteiger partial charge in [0.1, 0.15) is 11.9 Å². The number of amides is 3. The minimum Gasteiger partial charge on any atom is -0.486 e. The van der Waals surface area contributed by atoms with Gasteiger partial charge < -0.3 is 19.9 Å². The molecule has 3 aliphatic heterocycles. The first-order valence-electron chi connectivity index (χ1n) is 12.1. The number of hydrogen-bond donors (Lipinski definition) is 1. The van der Waals surface area contributed by atoms with Gasteiger partial charge in [-0.15, -0.1) is 0 Å². The van der Waals surface area contributed by atoms with Gasteiger partial charge in [0, 0.05) is 58.3 Å². The molecule has 0 radical (unpaired) electrons. The summed E-state index contributed by atoms with van der Waals surface area (Å²) in [6.07, 6.45) is 2.30. The van der Waals surface area contributed by atoms with E-state index in [4.69, 9.17) is 4.74 Å². The SMILES string of the molecule is CC[C@H]1CN(C(=O)N2CCC(C(=O)NCCN3CCN(C)CC3)CC2)c2ccccc2O1. The summed E-state index contributed by atoms with van der Waals surface area (Å²) < 4.78 is 6.01. The number of piperidine rings is 1. The fraction of sp³-hybridized carbons (Fsp3) is 0.667. The molecule has 1 atom stereocenters. The van der Waals surface area contributed by atoms with Gasteiger partial charge in [-0.3, -0.25) is 14.6 Å². The van der Waals surface area contributed by atoms with Crippen molar-refractivity contribution in [3.8, 4) is 5.75 Å². The number of carbonyl (C=O) groups excluding carboxylic acids is 2. The molecule has 3 aliphatic rings. The number of nitrogens with one attached hydrogen (secondary N) is 1. The molecule has 8 nitrogen and oxygen atoms in total. The number of carbonyl (C=O) groups is 2. The number of rotatable bonds is 5. The fourth-order valence-electron chi connectivity index (χ4n) is 4.75. The van der Waals surface area contributed by atoms with E-state index < -0.39 is 0 Å². The number of likely N-dealkylation sites (tertiary alicyclic amines) is 1. The van der Waals surface area contributed by atoms with Crippen molar-refractivity contribution in [2.75, 3.05) is 70.9 Å². The summed E-state index contributed by atoms with van der Waals surface area (Å²) in [4.78, 5) is 34.4. The molecule has 0 spiro atoms. The third-order valence-electron chi connectivity index (χ3n) is 6.98. The number of fused-ring (bicyclic) bond motifs is 1. The van der Waals surface area contributed by atoms with Gasteiger partial charge in [0.2, 0.25) is 5.91 Å². The quantitative estimate of drug-likeness (QED) is 0.752. The molecule has 3 heterocycles. The predicted octanol–water partition coefficient (Wildman–Crippen LogP) is 1.86. The van der Waals surface area contributed by atoms with Gasteiger partial charge in [0.15, 0.2) is 0 Å². The van der Waals surface area contributed by atoms with Gasteiger partial charge in [-0.25, -0.2) is 4.79 Å². The van der Waals surface area contributed by atoms with E-state index >= 15 is 0 Å². The van der Waals surface area contributed by atoms with Crippen molar-refractivity contribution >= 4 is 17.6 Å². The summed E-state index contributed by atoms with van der Waals surface area (Å²) in [5.41, 5.74) is 0.839. The summed E-state index contributed by atoms with van der Waals surface area (Å²) in [5, 5.41) is 3.12. The molecule has 1 aromatic carbocycles. The van der Waals surface area contributed by atoms with Crippen LogP contribution in [-0.2, 0) is 4.79 Å². The highest BCUT2D eigenvalue weighted by Gasteiger charge is 2.34. The lowest BCUT2D eigenvalue weighted by Gasteiger charge is -2.39. The van der Waals surface area contributed by atoms with Crippen LogP contribution >= 0.6 is 0 Å². The molecule has 3 amide bonds. The van der Waals surface area contributed by atoms with E-state index in [0.717, 1.165) is 63.4 Å². The molecular formula is C24H37N5O3. The Morgan fingerprint density at radius 2 is 1.78 bits per heavy atom. The first-order chi connectivity index (χ1) is 15.5. The van der Waals surface area contributed by atoms with Crippen molar-refractivity contribution in [3.05, 3.63) is 24.3 Å². The van der Waals surface area contributed by atoms with Gasteiger partial charge >= 0.3 is 6.03 Å². The Hall–Kier alpha value is -2.32. The number of para-hydroxylation sites is 2. The highest BCUT2D eigenvalue weighted by molar-refractivity contribution is 5.94. The standard InChI is InChI=1S/C24H37N5O3/c1-3-20-18-29(21-6-4-5-7-22(21)32-20)24(31)28-11-8-19(9-12-28)23(30)25-10-13-27-16-14-26(2)15-17-27/h4-7,19-20H,3,8-18H2,1-2H3,(H,25,30)/t20-/m0/s1. The molecule has 2 saturated heterocycles. The van der Waals surface area contributed by atoms with E-state index in [1.807, 2.05) is 34.1 Å². The molecule has 4 rings (SSSR count). The third-order valence-corrected chi connectivity index (χ3v) is 6.98. The number of hydrogen-bond acceptors (Lipinski definition) is 5. The second-order valence-electron chi connectivity index (χ2n) is 9.21. The largest absolute Gasteiger partial charge is 0.486 e. The molecular weight excluding hydrogens is 406 g/mol. The second-order valence-corrected chi connectivity index (χ2v) is 9.21. The van der Waals surface area contributed by atoms with Crippen molar-refractivity contribution in [3.63, 3.8) is 0 Å². The zero-order valence-electron chi connectivity index (χ0n) is 19.5. The van der Waals surface area contributed by atoms with Crippen LogP contribution in [0.1, 0.15) is 26.2 Å². The average molecular weight is 444 g/mol. The predicted molar refractivity (Wildman–Crippen MR) is 125 cm³/mol. The number of likely N-dealkylation sites (N-methyl/N-ethyl adjacent to an activating group) is 1. The summed E-state index contributed by atoms with van der Waals surface area (Å²) in [6.45, 7) is 9.80. The summed E-state index contributed by atoms with van der Waals surface area (Å²) in [5.74, 6) is 0.898. The van der Waals surface area contributed by atoms with Crippen LogP contribution in [0.2, 0.25) is 0 Å². The maximum Gasteiger partial charge on any atom is 0.324 e. The molecule has 176 valence electrons. The molecule has 0 unspecified atom stereocenters. The Balaban J connectivity index is 1.24. The van der Waals surface area contributed by atoms with Crippen LogP contribution in [0.15, 0.2) is 24.3 Å². The van der Waals surface area contributed by atoms with Crippen LogP contribution in [0.5, 0.6) is 5.75 Å². The van der Waals surface area contributed by atoms with Gasteiger partial charge in [-0.1, -0.05) is 19.1 Å². The van der Waals surface area contributed by atoms with Gasteiger partial charge in [-0.05, 0) is 38.4 Å².